The van der Waals surface area contributed by atoms with Gasteiger partial charge >= 0.3 is 0 Å². The minimum Gasteiger partial charge on any atom is -0.353 e. The highest BCUT2D eigenvalue weighted by atomic mass is 15.0. The summed E-state index contributed by atoms with van der Waals surface area (Å²) < 4.78 is 0. The van der Waals surface area contributed by atoms with Crippen LogP contribution in [0.1, 0.15) is 18.4 Å². The van der Waals surface area contributed by atoms with Crippen LogP contribution in [0.4, 0.5) is 0 Å². The van der Waals surface area contributed by atoms with Gasteiger partial charge in [0.05, 0.1) is 11.6 Å². The van der Waals surface area contributed by atoms with Crippen LogP contribution in [0.5, 0.6) is 0 Å². The van der Waals surface area contributed by atoms with E-state index in [-0.39, 0.29) is 0 Å². The van der Waals surface area contributed by atoms with Gasteiger partial charge in [0.2, 0.25) is 0 Å². The molecule has 1 aliphatic heterocycles. The number of allylic oxidation sites excluding steroid dienone is 1. The van der Waals surface area contributed by atoms with E-state index in [0.717, 1.165) is 37.1 Å². The van der Waals surface area contributed by atoms with Gasteiger partial charge in [0, 0.05) is 0 Å². The van der Waals surface area contributed by atoms with Gasteiger partial charge in [-0.1, -0.05) is 30.3 Å². The van der Waals surface area contributed by atoms with Gasteiger partial charge in [-0.05, 0) is 37.1 Å². The van der Waals surface area contributed by atoms with Crippen LogP contribution in [0.15, 0.2) is 35.9 Å². The lowest BCUT2D eigenvalue weighted by molar-refractivity contribution is 0.420. The van der Waals surface area contributed by atoms with Gasteiger partial charge in [-0.15, -0.1) is 0 Å². The summed E-state index contributed by atoms with van der Waals surface area (Å²) in [6.07, 6.45) is 1.79. The van der Waals surface area contributed by atoms with E-state index in [1.807, 2.05) is 35.1 Å². The summed E-state index contributed by atoms with van der Waals surface area (Å²) >= 11 is 0. The molecule has 0 amide bonds. The van der Waals surface area contributed by atoms with Crippen LogP contribution in [0.25, 0.3) is 5.57 Å². The maximum atomic E-state index is 9.24. The molecule has 0 spiro atoms. The monoisotopic (exact) mass is 208 g/mol. The first-order valence-electron chi connectivity index (χ1n) is 5.48. The van der Waals surface area contributed by atoms with E-state index in [1.165, 1.54) is 5.57 Å². The van der Waals surface area contributed by atoms with Crippen molar-refractivity contribution in [2.24, 2.45) is 0 Å². The number of nitrogens with zero attached hydrogens (tertiary/aromatic N) is 2. The van der Waals surface area contributed by atoms with Gasteiger partial charge in [0.25, 0.3) is 0 Å². The fraction of sp³-hybridized carbons (Fsp3) is 0.308. The molecule has 16 heavy (non-hydrogen) atoms. The zero-order valence-corrected chi connectivity index (χ0v) is 9.19. The Morgan fingerprint density at radius 2 is 1.81 bits per heavy atom. The zero-order valence-electron chi connectivity index (χ0n) is 9.19. The normalized spacial score (nSPS) is 16.8. The Labute approximate surface area is 97.6 Å². The molecule has 0 saturated carbocycles. The Hall–Kier alpha value is -1.53. The third-order valence-electron chi connectivity index (χ3n) is 2.93. The molecular weight excluding hydrogens is 195 g/mol. The van der Waals surface area contributed by atoms with Gasteiger partial charge in [0.15, 0.2) is 7.98 Å². The molecule has 1 fully saturated rings. The Balaban J connectivity index is 2.30. The van der Waals surface area contributed by atoms with Crippen molar-refractivity contribution in [3.05, 3.63) is 41.5 Å². The molecule has 2 rings (SSSR count). The lowest BCUT2D eigenvalue weighted by Crippen LogP contribution is -2.28. The first-order chi connectivity index (χ1) is 7.81. The summed E-state index contributed by atoms with van der Waals surface area (Å²) in [5, 5.41) is 9.24. The average molecular weight is 208 g/mol. The number of hydrogen-bond acceptors (Lipinski definition) is 2. The molecule has 3 heteroatoms. The highest BCUT2D eigenvalue weighted by molar-refractivity contribution is 6.04. The van der Waals surface area contributed by atoms with Crippen molar-refractivity contribution in [1.82, 2.24) is 4.81 Å². The Morgan fingerprint density at radius 1 is 1.19 bits per heavy atom. The molecular formula is C13H13BN2. The van der Waals surface area contributed by atoms with Crippen LogP contribution >= 0.6 is 0 Å². The second-order valence-corrected chi connectivity index (χ2v) is 3.99. The van der Waals surface area contributed by atoms with Gasteiger partial charge in [0.1, 0.15) is 0 Å². The smallest absolute Gasteiger partial charge is 0.182 e. The summed E-state index contributed by atoms with van der Waals surface area (Å²) in [5.41, 5.74) is 3.08. The van der Waals surface area contributed by atoms with E-state index in [2.05, 4.69) is 6.07 Å². The van der Waals surface area contributed by atoms with Crippen molar-refractivity contribution in [2.75, 3.05) is 13.1 Å². The van der Waals surface area contributed by atoms with E-state index in [4.69, 9.17) is 7.98 Å². The fourth-order valence-corrected chi connectivity index (χ4v) is 2.00. The predicted octanol–water partition coefficient (Wildman–Crippen LogP) is 2.14. The van der Waals surface area contributed by atoms with E-state index in [9.17, 15) is 5.26 Å². The zero-order chi connectivity index (χ0) is 11.4. The van der Waals surface area contributed by atoms with Crippen LogP contribution in [0.3, 0.4) is 0 Å². The Morgan fingerprint density at radius 3 is 2.38 bits per heavy atom. The molecule has 0 N–H and O–H groups in total. The number of piperidine rings is 1. The molecule has 1 aromatic carbocycles. The molecule has 2 nitrogen and oxygen atoms in total. The van der Waals surface area contributed by atoms with E-state index in [1.54, 1.807) is 0 Å². The minimum absolute atomic E-state index is 0.828. The topological polar surface area (TPSA) is 27.0 Å². The standard InChI is InChI=1S/C13H13BN2/c14-16-8-6-12(7-9-16)13(10-15)11-4-2-1-3-5-11/h1-5H,6-9H2. The minimum atomic E-state index is 0.828. The molecule has 2 radical (unpaired) electrons. The van der Waals surface area contributed by atoms with E-state index < -0.39 is 0 Å². The van der Waals surface area contributed by atoms with Crippen molar-refractivity contribution in [1.29, 1.82) is 5.26 Å². The first-order valence-corrected chi connectivity index (χ1v) is 5.48. The lowest BCUT2D eigenvalue weighted by Gasteiger charge is -2.25. The molecule has 1 heterocycles. The van der Waals surface area contributed by atoms with Crippen LogP contribution in [0.2, 0.25) is 0 Å². The summed E-state index contributed by atoms with van der Waals surface area (Å²) in [6, 6.07) is 12.2. The Bertz CT molecular complexity index is 421. The highest BCUT2D eigenvalue weighted by Gasteiger charge is 2.14. The van der Waals surface area contributed by atoms with E-state index >= 15 is 0 Å². The molecule has 0 aromatic heterocycles. The molecule has 78 valence electrons. The van der Waals surface area contributed by atoms with E-state index in [0.29, 0.717) is 0 Å². The predicted molar refractivity (Wildman–Crippen MR) is 65.5 cm³/mol. The van der Waals surface area contributed by atoms with Crippen molar-refractivity contribution in [3.63, 3.8) is 0 Å². The summed E-state index contributed by atoms with van der Waals surface area (Å²) in [7, 11) is 5.71. The fourth-order valence-electron chi connectivity index (χ4n) is 2.00. The van der Waals surface area contributed by atoms with Crippen molar-refractivity contribution in [2.45, 2.75) is 12.8 Å². The maximum Gasteiger partial charge on any atom is 0.182 e. The number of nitriles is 1. The average Bonchev–Trinajstić information content (AvgIpc) is 2.34. The van der Waals surface area contributed by atoms with Gasteiger partial charge in [-0.3, -0.25) is 0 Å². The summed E-state index contributed by atoms with van der Waals surface area (Å²) in [5.74, 6) is 0. The van der Waals surface area contributed by atoms with Crippen molar-refractivity contribution in [3.8, 4) is 6.07 Å². The van der Waals surface area contributed by atoms with Crippen LogP contribution in [-0.4, -0.2) is 25.9 Å². The van der Waals surface area contributed by atoms with Crippen LogP contribution in [0, 0.1) is 11.3 Å². The quantitative estimate of drug-likeness (QED) is 0.522. The maximum absolute atomic E-state index is 9.24. The third kappa shape index (κ3) is 2.34. The third-order valence-corrected chi connectivity index (χ3v) is 2.93. The molecule has 0 atom stereocenters. The second-order valence-electron chi connectivity index (χ2n) is 3.99. The molecule has 1 aromatic rings. The van der Waals surface area contributed by atoms with Gasteiger partial charge in [-0.25, -0.2) is 0 Å². The highest BCUT2D eigenvalue weighted by Crippen LogP contribution is 2.25. The Kier molecular flexibility index (Phi) is 3.43. The van der Waals surface area contributed by atoms with Crippen LogP contribution in [-0.2, 0) is 0 Å². The summed E-state index contributed by atoms with van der Waals surface area (Å²) in [6.45, 7) is 1.68. The molecule has 0 aliphatic carbocycles. The molecule has 1 aliphatic rings. The first kappa shape index (κ1) is 11.0. The summed E-state index contributed by atoms with van der Waals surface area (Å²) in [4.78, 5) is 1.81. The molecule has 1 saturated heterocycles. The van der Waals surface area contributed by atoms with Crippen LogP contribution < -0.4 is 0 Å². The van der Waals surface area contributed by atoms with Crippen molar-refractivity contribution < 1.29 is 0 Å². The van der Waals surface area contributed by atoms with Gasteiger partial charge < -0.3 is 4.81 Å². The molecule has 0 unspecified atom stereocenters. The SMILES string of the molecule is [B]N1CCC(=C(C#N)c2ccccc2)CC1. The number of hydrogen-bond donors (Lipinski definition) is 0. The number of benzene rings is 1. The second kappa shape index (κ2) is 5.00. The van der Waals surface area contributed by atoms with Gasteiger partial charge in [-0.2, -0.15) is 5.26 Å². The molecule has 0 bridgehead atoms. The number of rotatable bonds is 1. The largest absolute Gasteiger partial charge is 0.353 e. The van der Waals surface area contributed by atoms with Crippen molar-refractivity contribution >= 4 is 13.6 Å². The lowest BCUT2D eigenvalue weighted by atomic mass is 9.93.